The highest BCUT2D eigenvalue weighted by molar-refractivity contribution is 7.88. The molecule has 0 saturated heterocycles. The molecule has 1 N–H and O–H groups in total. The molecule has 0 bridgehead atoms. The van der Waals surface area contributed by atoms with Crippen LogP contribution in [-0.2, 0) is 21.4 Å². The van der Waals surface area contributed by atoms with Crippen molar-refractivity contribution >= 4 is 15.9 Å². The van der Waals surface area contributed by atoms with E-state index in [0.29, 0.717) is 0 Å². The van der Waals surface area contributed by atoms with Gasteiger partial charge in [-0.1, -0.05) is 32.0 Å². The molecule has 0 aliphatic carbocycles. The quantitative estimate of drug-likeness (QED) is 0.828. The highest BCUT2D eigenvalue weighted by Crippen LogP contribution is 2.12. The van der Waals surface area contributed by atoms with Gasteiger partial charge in [-0.2, -0.15) is 4.31 Å². The number of benzene rings is 1. The van der Waals surface area contributed by atoms with Gasteiger partial charge in [0.25, 0.3) is 0 Å². The number of nitrogens with one attached hydrogen (secondary N) is 1. The third kappa shape index (κ3) is 5.73. The third-order valence-electron chi connectivity index (χ3n) is 3.48. The number of carbonyl (C=O) groups excluding carboxylic acids is 1. The Morgan fingerprint density at radius 1 is 1.27 bits per heavy atom. The van der Waals surface area contributed by atoms with E-state index < -0.39 is 21.7 Å². The minimum absolute atomic E-state index is 0.0672. The van der Waals surface area contributed by atoms with Crippen LogP contribution in [0.15, 0.2) is 24.3 Å². The Morgan fingerprint density at radius 2 is 1.86 bits per heavy atom. The first kappa shape index (κ1) is 18.6. The SMILES string of the molecule is CC(C)[C@H](C)NC(=O)CN(Cc1ccccc1F)S(C)(=O)=O. The Morgan fingerprint density at radius 3 is 2.36 bits per heavy atom. The standard InChI is InChI=1S/C15H23FN2O3S/c1-11(2)12(3)17-15(19)10-18(22(4,20)21)9-13-7-5-6-8-14(13)16/h5-8,11-12H,9-10H2,1-4H3,(H,17,19)/t12-/m0/s1. The Kier molecular flexibility index (Phi) is 6.49. The zero-order valence-electron chi connectivity index (χ0n) is 13.3. The number of sulfonamides is 1. The molecule has 0 aromatic heterocycles. The second kappa shape index (κ2) is 7.69. The molecule has 0 fully saturated rings. The van der Waals surface area contributed by atoms with Crippen molar-refractivity contribution < 1.29 is 17.6 Å². The van der Waals surface area contributed by atoms with Crippen molar-refractivity contribution in [2.75, 3.05) is 12.8 Å². The number of carbonyl (C=O) groups is 1. The smallest absolute Gasteiger partial charge is 0.235 e. The van der Waals surface area contributed by atoms with Crippen LogP contribution in [0.4, 0.5) is 4.39 Å². The lowest BCUT2D eigenvalue weighted by molar-refractivity contribution is -0.122. The van der Waals surface area contributed by atoms with Crippen molar-refractivity contribution in [2.24, 2.45) is 5.92 Å². The van der Waals surface area contributed by atoms with Gasteiger partial charge in [0.15, 0.2) is 0 Å². The summed E-state index contributed by atoms with van der Waals surface area (Å²) in [4.78, 5) is 12.0. The predicted molar refractivity (Wildman–Crippen MR) is 84.1 cm³/mol. The summed E-state index contributed by atoms with van der Waals surface area (Å²) in [6, 6.07) is 5.85. The molecule has 5 nitrogen and oxygen atoms in total. The van der Waals surface area contributed by atoms with Crippen LogP contribution in [0.1, 0.15) is 26.3 Å². The van der Waals surface area contributed by atoms with Gasteiger partial charge in [0.2, 0.25) is 15.9 Å². The maximum atomic E-state index is 13.7. The molecular formula is C15H23FN2O3S. The fraction of sp³-hybridized carbons (Fsp3) is 0.533. The zero-order valence-corrected chi connectivity index (χ0v) is 14.2. The number of hydrogen-bond donors (Lipinski definition) is 1. The van der Waals surface area contributed by atoms with Gasteiger partial charge in [0.1, 0.15) is 5.82 Å². The molecule has 22 heavy (non-hydrogen) atoms. The Hall–Kier alpha value is -1.47. The van der Waals surface area contributed by atoms with Crippen LogP contribution in [0.2, 0.25) is 0 Å². The van der Waals surface area contributed by atoms with Gasteiger partial charge < -0.3 is 5.32 Å². The summed E-state index contributed by atoms with van der Waals surface area (Å²) in [5.74, 6) is -0.655. The van der Waals surface area contributed by atoms with Crippen molar-refractivity contribution in [1.29, 1.82) is 0 Å². The van der Waals surface area contributed by atoms with Crippen molar-refractivity contribution in [3.05, 3.63) is 35.6 Å². The largest absolute Gasteiger partial charge is 0.352 e. The molecule has 7 heteroatoms. The summed E-state index contributed by atoms with van der Waals surface area (Å²) in [6.45, 7) is 5.26. The number of halogens is 1. The fourth-order valence-corrected chi connectivity index (χ4v) is 2.46. The molecular weight excluding hydrogens is 307 g/mol. The minimum Gasteiger partial charge on any atom is -0.352 e. The molecule has 1 aromatic rings. The second-order valence-corrected chi connectivity index (χ2v) is 7.71. The molecule has 0 heterocycles. The van der Waals surface area contributed by atoms with Crippen LogP contribution in [0.3, 0.4) is 0 Å². The highest BCUT2D eigenvalue weighted by atomic mass is 32.2. The van der Waals surface area contributed by atoms with Gasteiger partial charge in [-0.3, -0.25) is 4.79 Å². The Bertz CT molecular complexity index is 617. The van der Waals surface area contributed by atoms with Gasteiger partial charge in [-0.15, -0.1) is 0 Å². The lowest BCUT2D eigenvalue weighted by atomic mass is 10.1. The zero-order chi connectivity index (χ0) is 16.9. The first-order valence-corrected chi connectivity index (χ1v) is 8.94. The summed E-state index contributed by atoms with van der Waals surface area (Å²) < 4.78 is 38.3. The van der Waals surface area contributed by atoms with Crippen LogP contribution < -0.4 is 5.32 Å². The molecule has 0 spiro atoms. The van der Waals surface area contributed by atoms with Crippen LogP contribution >= 0.6 is 0 Å². The lowest BCUT2D eigenvalue weighted by Crippen LogP contribution is -2.44. The van der Waals surface area contributed by atoms with Crippen molar-refractivity contribution in [3.63, 3.8) is 0 Å². The number of nitrogens with zero attached hydrogens (tertiary/aromatic N) is 1. The van der Waals surface area contributed by atoms with E-state index >= 15 is 0 Å². The normalized spacial score (nSPS) is 13.4. The summed E-state index contributed by atoms with van der Waals surface area (Å²) >= 11 is 0. The van der Waals surface area contributed by atoms with E-state index in [1.54, 1.807) is 6.07 Å². The van der Waals surface area contributed by atoms with E-state index in [1.165, 1.54) is 18.2 Å². The Labute approximate surface area is 131 Å². The minimum atomic E-state index is -3.63. The van der Waals surface area contributed by atoms with Gasteiger partial charge >= 0.3 is 0 Å². The van der Waals surface area contributed by atoms with Gasteiger partial charge in [-0.25, -0.2) is 12.8 Å². The topological polar surface area (TPSA) is 66.5 Å². The first-order chi connectivity index (χ1) is 10.1. The molecule has 1 atom stereocenters. The van der Waals surface area contributed by atoms with Crippen LogP contribution in [-0.4, -0.2) is 37.5 Å². The van der Waals surface area contributed by atoms with Crippen molar-refractivity contribution in [2.45, 2.75) is 33.4 Å². The third-order valence-corrected chi connectivity index (χ3v) is 4.68. The van der Waals surface area contributed by atoms with E-state index in [1.807, 2.05) is 20.8 Å². The summed E-state index contributed by atoms with van der Waals surface area (Å²) in [6.07, 6.45) is 1.01. The van der Waals surface area contributed by atoms with Gasteiger partial charge in [0, 0.05) is 18.2 Å². The molecule has 0 radical (unpaired) electrons. The van der Waals surface area contributed by atoms with E-state index in [2.05, 4.69) is 5.32 Å². The molecule has 1 amide bonds. The highest BCUT2D eigenvalue weighted by Gasteiger charge is 2.22. The van der Waals surface area contributed by atoms with E-state index in [0.717, 1.165) is 10.6 Å². The first-order valence-electron chi connectivity index (χ1n) is 7.09. The molecule has 0 aliphatic rings. The monoisotopic (exact) mass is 330 g/mol. The lowest BCUT2D eigenvalue weighted by Gasteiger charge is -2.22. The molecule has 0 saturated carbocycles. The van der Waals surface area contributed by atoms with Gasteiger partial charge in [-0.05, 0) is 18.9 Å². The van der Waals surface area contributed by atoms with Crippen LogP contribution in [0, 0.1) is 11.7 Å². The van der Waals surface area contributed by atoms with E-state index in [4.69, 9.17) is 0 Å². The molecule has 1 rings (SSSR count). The summed E-state index contributed by atoms with van der Waals surface area (Å²) in [5.41, 5.74) is 0.234. The number of rotatable bonds is 7. The Balaban J connectivity index is 2.83. The summed E-state index contributed by atoms with van der Waals surface area (Å²) in [7, 11) is -3.63. The summed E-state index contributed by atoms with van der Waals surface area (Å²) in [5, 5.41) is 2.74. The molecule has 1 aromatic carbocycles. The molecule has 0 aliphatic heterocycles. The van der Waals surface area contributed by atoms with Crippen molar-refractivity contribution in [1.82, 2.24) is 9.62 Å². The predicted octanol–water partition coefficient (Wildman–Crippen LogP) is 1.75. The average Bonchev–Trinajstić information content (AvgIpc) is 2.39. The number of amides is 1. The number of hydrogen-bond acceptors (Lipinski definition) is 3. The average molecular weight is 330 g/mol. The van der Waals surface area contributed by atoms with Crippen molar-refractivity contribution in [3.8, 4) is 0 Å². The van der Waals surface area contributed by atoms with E-state index in [-0.39, 0.29) is 30.6 Å². The molecule has 0 unspecified atom stereocenters. The van der Waals surface area contributed by atoms with E-state index in [9.17, 15) is 17.6 Å². The fourth-order valence-electron chi connectivity index (χ4n) is 1.73. The second-order valence-electron chi connectivity index (χ2n) is 5.72. The maximum absolute atomic E-state index is 13.7. The maximum Gasteiger partial charge on any atom is 0.235 e. The van der Waals surface area contributed by atoms with Crippen LogP contribution in [0.25, 0.3) is 0 Å². The molecule has 124 valence electrons. The van der Waals surface area contributed by atoms with Crippen LogP contribution in [0.5, 0.6) is 0 Å². The van der Waals surface area contributed by atoms with Gasteiger partial charge in [0.05, 0.1) is 12.8 Å².